The molecule has 0 saturated heterocycles. The maximum absolute atomic E-state index is 13.2. The lowest BCUT2D eigenvalue weighted by Crippen LogP contribution is -2.31. The number of nitrogens with zero attached hydrogens (tertiary/aromatic N) is 2. The van der Waals surface area contributed by atoms with Gasteiger partial charge in [-0.15, -0.1) is 0 Å². The van der Waals surface area contributed by atoms with Gasteiger partial charge in [0, 0.05) is 23.8 Å². The number of ether oxygens (including phenoxy) is 1. The zero-order chi connectivity index (χ0) is 17.8. The predicted octanol–water partition coefficient (Wildman–Crippen LogP) is 5.40. The van der Waals surface area contributed by atoms with Gasteiger partial charge in [0.25, 0.3) is 0 Å². The van der Waals surface area contributed by atoms with Gasteiger partial charge in [-0.2, -0.15) is 0 Å². The van der Waals surface area contributed by atoms with E-state index in [2.05, 4.69) is 10.3 Å². The topological polar surface area (TPSA) is 54.5 Å². The minimum atomic E-state index is -0.390. The summed E-state index contributed by atoms with van der Waals surface area (Å²) in [7, 11) is 1.62. The fourth-order valence-corrected chi connectivity index (χ4v) is 2.85. The molecule has 0 bridgehead atoms. The Balaban J connectivity index is 1.65. The Morgan fingerprint density at radius 1 is 1.28 bits per heavy atom. The normalized spacial score (nSPS) is 10.4. The summed E-state index contributed by atoms with van der Waals surface area (Å²) in [6.07, 6.45) is 1.46. The highest BCUT2D eigenvalue weighted by molar-refractivity contribution is 7.17. The average molecular weight is 378 g/mol. The van der Waals surface area contributed by atoms with Crippen LogP contribution in [0.1, 0.15) is 0 Å². The van der Waals surface area contributed by atoms with Crippen LogP contribution in [-0.4, -0.2) is 18.1 Å². The molecule has 2 aromatic carbocycles. The van der Waals surface area contributed by atoms with Crippen molar-refractivity contribution in [2.24, 2.45) is 0 Å². The van der Waals surface area contributed by atoms with Crippen LogP contribution >= 0.6 is 22.9 Å². The molecule has 3 aromatic rings. The number of amides is 2. The molecule has 8 heteroatoms. The molecule has 3 rings (SSSR count). The molecule has 0 spiro atoms. The largest absolute Gasteiger partial charge is 0.445 e. The first-order valence-corrected chi connectivity index (χ1v) is 8.40. The average Bonchev–Trinajstić information content (AvgIpc) is 3.01. The van der Waals surface area contributed by atoms with E-state index in [1.165, 1.54) is 23.2 Å². The maximum atomic E-state index is 13.2. The molecule has 0 radical (unpaired) electrons. The van der Waals surface area contributed by atoms with Crippen molar-refractivity contribution >= 4 is 39.8 Å². The smallest absolute Gasteiger partial charge is 0.327 e. The minimum Gasteiger partial charge on any atom is -0.445 e. The molecule has 2 amide bonds. The number of benzene rings is 2. The monoisotopic (exact) mass is 377 g/mol. The van der Waals surface area contributed by atoms with Crippen LogP contribution in [0, 0.1) is 5.82 Å². The Morgan fingerprint density at radius 2 is 2.08 bits per heavy atom. The van der Waals surface area contributed by atoms with Crippen molar-refractivity contribution in [3.05, 3.63) is 65.6 Å². The number of rotatable bonds is 4. The van der Waals surface area contributed by atoms with Crippen LogP contribution in [0.15, 0.2) is 54.7 Å². The third-order valence-corrected chi connectivity index (χ3v) is 4.24. The Hall–Kier alpha value is -2.64. The summed E-state index contributed by atoms with van der Waals surface area (Å²) in [4.78, 5) is 17.8. The molecular weight excluding hydrogens is 365 g/mol. The minimum absolute atomic E-state index is 0.359. The van der Waals surface area contributed by atoms with Gasteiger partial charge >= 0.3 is 6.03 Å². The van der Waals surface area contributed by atoms with Crippen LogP contribution in [0.3, 0.4) is 0 Å². The predicted molar refractivity (Wildman–Crippen MR) is 97.5 cm³/mol. The van der Waals surface area contributed by atoms with Gasteiger partial charge in [-0.1, -0.05) is 35.1 Å². The van der Waals surface area contributed by atoms with E-state index >= 15 is 0 Å². The second-order valence-corrected chi connectivity index (χ2v) is 6.44. The summed E-state index contributed by atoms with van der Waals surface area (Å²) >= 11 is 7.07. The van der Waals surface area contributed by atoms with E-state index in [1.807, 2.05) is 0 Å². The highest BCUT2D eigenvalue weighted by atomic mass is 35.5. The Morgan fingerprint density at radius 3 is 2.84 bits per heavy atom. The highest BCUT2D eigenvalue weighted by Gasteiger charge is 2.14. The Bertz CT molecular complexity index is 903. The first-order valence-electron chi connectivity index (χ1n) is 7.21. The van der Waals surface area contributed by atoms with E-state index in [9.17, 15) is 9.18 Å². The van der Waals surface area contributed by atoms with Crippen LogP contribution in [-0.2, 0) is 0 Å². The number of halogens is 2. The molecule has 1 heterocycles. The molecule has 0 unspecified atom stereocenters. The quantitative estimate of drug-likeness (QED) is 0.662. The zero-order valence-electron chi connectivity index (χ0n) is 13.1. The fraction of sp³-hybridized carbons (Fsp3) is 0.0588. The van der Waals surface area contributed by atoms with Gasteiger partial charge in [0.2, 0.25) is 5.06 Å². The summed E-state index contributed by atoms with van der Waals surface area (Å²) < 4.78 is 18.7. The lowest BCUT2D eigenvalue weighted by atomic mass is 10.3. The highest BCUT2D eigenvalue weighted by Crippen LogP contribution is 2.30. The molecule has 5 nitrogen and oxygen atoms in total. The van der Waals surface area contributed by atoms with Gasteiger partial charge in [0.15, 0.2) is 5.13 Å². The van der Waals surface area contributed by atoms with E-state index in [4.69, 9.17) is 16.3 Å². The third-order valence-electron chi connectivity index (χ3n) is 3.21. The lowest BCUT2D eigenvalue weighted by molar-refractivity contribution is 0.258. The van der Waals surface area contributed by atoms with Crippen molar-refractivity contribution in [3.63, 3.8) is 0 Å². The molecular formula is C17H13ClFN3O2S. The van der Waals surface area contributed by atoms with Gasteiger partial charge in [-0.25, -0.2) is 14.2 Å². The first kappa shape index (κ1) is 17.2. The van der Waals surface area contributed by atoms with E-state index in [0.29, 0.717) is 26.7 Å². The second-order valence-electron chi connectivity index (χ2n) is 5.01. The molecule has 0 saturated carbocycles. The molecule has 0 aliphatic heterocycles. The standard InChI is InChI=1S/C17H13ClFN3O2S/c1-22(13-6-2-4-11(18)8-13)17(23)21-16-20-10-15(25-16)24-14-7-3-5-12(19)9-14/h2-10H,1H3,(H,20,21,23). The summed E-state index contributed by atoms with van der Waals surface area (Å²) in [6, 6.07) is 12.4. The van der Waals surface area contributed by atoms with Crippen molar-refractivity contribution in [3.8, 4) is 10.8 Å². The summed E-state index contributed by atoms with van der Waals surface area (Å²) in [5.41, 5.74) is 0.651. The first-order chi connectivity index (χ1) is 12.0. The van der Waals surface area contributed by atoms with Gasteiger partial charge in [-0.05, 0) is 30.3 Å². The Kier molecular flexibility index (Phi) is 5.16. The van der Waals surface area contributed by atoms with Gasteiger partial charge < -0.3 is 4.74 Å². The summed E-state index contributed by atoms with van der Waals surface area (Å²) in [6.45, 7) is 0. The van der Waals surface area contributed by atoms with E-state index in [0.717, 1.165) is 11.3 Å². The van der Waals surface area contributed by atoms with Crippen molar-refractivity contribution in [2.45, 2.75) is 0 Å². The van der Waals surface area contributed by atoms with Crippen molar-refractivity contribution in [1.29, 1.82) is 0 Å². The number of hydrogen-bond acceptors (Lipinski definition) is 4. The van der Waals surface area contributed by atoms with E-state index in [-0.39, 0.29) is 6.03 Å². The number of hydrogen-bond donors (Lipinski definition) is 1. The zero-order valence-corrected chi connectivity index (χ0v) is 14.6. The number of thiazole rings is 1. The molecule has 25 heavy (non-hydrogen) atoms. The number of carbonyl (C=O) groups excluding carboxylic acids is 1. The molecule has 128 valence electrons. The van der Waals surface area contributed by atoms with Crippen LogP contribution in [0.4, 0.5) is 20.0 Å². The van der Waals surface area contributed by atoms with Crippen LogP contribution in [0.25, 0.3) is 0 Å². The second kappa shape index (κ2) is 7.50. The fourth-order valence-electron chi connectivity index (χ4n) is 1.99. The third kappa shape index (κ3) is 4.46. The van der Waals surface area contributed by atoms with E-state index < -0.39 is 5.82 Å². The van der Waals surface area contributed by atoms with E-state index in [1.54, 1.807) is 43.4 Å². The van der Waals surface area contributed by atoms with Crippen LogP contribution in [0.2, 0.25) is 5.02 Å². The SMILES string of the molecule is CN(C(=O)Nc1ncc(Oc2cccc(F)c2)s1)c1cccc(Cl)c1. The Labute approximate surface area is 152 Å². The van der Waals surface area contributed by atoms with Crippen molar-refractivity contribution in [1.82, 2.24) is 4.98 Å². The molecule has 1 aromatic heterocycles. The van der Waals surface area contributed by atoms with Crippen molar-refractivity contribution < 1.29 is 13.9 Å². The molecule has 0 atom stereocenters. The maximum Gasteiger partial charge on any atom is 0.327 e. The van der Waals surface area contributed by atoms with Gasteiger partial charge in [-0.3, -0.25) is 10.2 Å². The number of aromatic nitrogens is 1. The summed E-state index contributed by atoms with van der Waals surface area (Å²) in [5, 5.41) is 4.02. The summed E-state index contributed by atoms with van der Waals surface area (Å²) in [5.74, 6) is -0.0312. The van der Waals surface area contributed by atoms with Crippen LogP contribution in [0.5, 0.6) is 10.8 Å². The lowest BCUT2D eigenvalue weighted by Gasteiger charge is -2.17. The molecule has 0 aliphatic carbocycles. The van der Waals surface area contributed by atoms with Gasteiger partial charge in [0.05, 0.1) is 6.20 Å². The molecule has 0 fully saturated rings. The molecule has 0 aliphatic rings. The van der Waals surface area contributed by atoms with Gasteiger partial charge in [0.1, 0.15) is 11.6 Å². The van der Waals surface area contributed by atoms with Crippen LogP contribution < -0.4 is 15.0 Å². The molecule has 1 N–H and O–H groups in total. The number of carbonyl (C=O) groups is 1. The number of nitrogens with one attached hydrogen (secondary N) is 1. The number of urea groups is 1. The number of anilines is 2. The van der Waals surface area contributed by atoms with Crippen molar-refractivity contribution in [2.75, 3.05) is 17.3 Å².